The summed E-state index contributed by atoms with van der Waals surface area (Å²) in [5, 5.41) is 4.61. The predicted molar refractivity (Wildman–Crippen MR) is 77.9 cm³/mol. The summed E-state index contributed by atoms with van der Waals surface area (Å²) in [5.74, 6) is 0.162. The van der Waals surface area contributed by atoms with Crippen molar-refractivity contribution in [2.75, 3.05) is 4.17 Å². The predicted octanol–water partition coefficient (Wildman–Crippen LogP) is 2.53. The van der Waals surface area contributed by atoms with E-state index in [2.05, 4.69) is 11.7 Å². The summed E-state index contributed by atoms with van der Waals surface area (Å²) in [6.07, 6.45) is 4.09. The number of ether oxygens (including phenoxy) is 1. The fourth-order valence-electron chi connectivity index (χ4n) is 2.44. The molecule has 5 heteroatoms. The number of allylic oxidation sites excluding steroid dienone is 1. The molecule has 0 N–H and O–H groups in total. The first-order chi connectivity index (χ1) is 9.63. The van der Waals surface area contributed by atoms with Crippen LogP contribution >= 0.6 is 0 Å². The van der Waals surface area contributed by atoms with E-state index in [1.807, 2.05) is 25.3 Å². The van der Waals surface area contributed by atoms with Crippen LogP contribution in [0.15, 0.2) is 24.9 Å². The van der Waals surface area contributed by atoms with Gasteiger partial charge in [0.25, 0.3) is 0 Å². The molecule has 2 aromatic rings. The number of rotatable bonds is 4. The third-order valence-corrected chi connectivity index (χ3v) is 4.08. The van der Waals surface area contributed by atoms with E-state index in [0.29, 0.717) is 15.6 Å². The Balaban J connectivity index is 2.28. The normalized spacial score (nSPS) is 14.5. The summed E-state index contributed by atoms with van der Waals surface area (Å²) in [4.78, 5) is 12.4. The molecule has 0 aromatic carbocycles. The number of carbonyl (C=O) groups is 1. The number of hydrogen-bond acceptors (Lipinski definition) is 3. The molecular weight excluding hydrogens is 447 g/mol. The molecular formula is C15H15N2O2Pb. The Morgan fingerprint density at radius 2 is 2.35 bits per heavy atom. The van der Waals surface area contributed by atoms with E-state index < -0.39 is 0 Å². The molecule has 4 nitrogen and oxygen atoms in total. The zero-order valence-electron chi connectivity index (χ0n) is 11.3. The van der Waals surface area contributed by atoms with Crippen LogP contribution in [0.4, 0.5) is 0 Å². The molecule has 1 saturated carbocycles. The monoisotopic (exact) mass is 463 g/mol. The zero-order valence-corrected chi connectivity index (χ0v) is 15.2. The fraction of sp³-hybridized carbons (Fsp3) is 0.333. The van der Waals surface area contributed by atoms with E-state index in [9.17, 15) is 4.79 Å². The Hall–Kier alpha value is -1.18. The summed E-state index contributed by atoms with van der Waals surface area (Å²) in [6.45, 7) is 5.95. The van der Waals surface area contributed by atoms with Gasteiger partial charge in [0.1, 0.15) is 0 Å². The van der Waals surface area contributed by atoms with Gasteiger partial charge in [0.2, 0.25) is 0 Å². The topological polar surface area (TPSA) is 43.6 Å². The summed E-state index contributed by atoms with van der Waals surface area (Å²) in [7, 11) is 0. The molecule has 2 heterocycles. The number of carbonyl (C=O) groups excluding carboxylic acids is 1. The first kappa shape index (κ1) is 13.8. The van der Waals surface area contributed by atoms with Crippen LogP contribution in [-0.4, -0.2) is 45.5 Å². The van der Waals surface area contributed by atoms with Gasteiger partial charge in [-0.3, -0.25) is 0 Å². The average Bonchev–Trinajstić information content (AvgIpc) is 3.18. The second kappa shape index (κ2) is 5.31. The Bertz CT molecular complexity index is 701. The van der Waals surface area contributed by atoms with Crippen LogP contribution in [0.1, 0.15) is 47.3 Å². The second-order valence-electron chi connectivity index (χ2n) is 5.11. The van der Waals surface area contributed by atoms with Gasteiger partial charge in [0.15, 0.2) is 0 Å². The van der Waals surface area contributed by atoms with Crippen LogP contribution in [0.25, 0.3) is 11.1 Å². The molecule has 0 atom stereocenters. The van der Waals surface area contributed by atoms with Crippen molar-refractivity contribution in [1.29, 1.82) is 0 Å². The number of pyridine rings is 1. The minimum atomic E-state index is -0.245. The molecule has 1 aliphatic rings. The summed E-state index contributed by atoms with van der Waals surface area (Å²) >= 11 is 0.844. The molecule has 0 bridgehead atoms. The van der Waals surface area contributed by atoms with Crippen LogP contribution in [0, 0.1) is 0 Å². The van der Waals surface area contributed by atoms with E-state index >= 15 is 0 Å². The molecule has 3 radical (unpaired) electrons. The molecule has 0 unspecified atom stereocenters. The van der Waals surface area contributed by atoms with Crippen LogP contribution in [0.2, 0.25) is 0 Å². The molecule has 2 aromatic heterocycles. The van der Waals surface area contributed by atoms with Crippen molar-refractivity contribution in [3.8, 4) is 0 Å². The molecule has 20 heavy (non-hydrogen) atoms. The van der Waals surface area contributed by atoms with Crippen molar-refractivity contribution in [1.82, 2.24) is 9.61 Å². The van der Waals surface area contributed by atoms with Crippen LogP contribution in [0.5, 0.6) is 0 Å². The summed E-state index contributed by atoms with van der Waals surface area (Å²) in [6, 6.07) is 3.91. The molecule has 1 aliphatic carbocycles. The Morgan fingerprint density at radius 3 is 2.95 bits per heavy atom. The molecule has 0 saturated heterocycles. The van der Waals surface area contributed by atoms with E-state index in [4.69, 9.17) is 4.74 Å². The fourth-order valence-corrected chi connectivity index (χ4v) is 2.95. The van der Waals surface area contributed by atoms with Gasteiger partial charge in [0, 0.05) is 0 Å². The van der Waals surface area contributed by atoms with E-state index in [1.54, 1.807) is 4.52 Å². The van der Waals surface area contributed by atoms with Gasteiger partial charge in [-0.1, -0.05) is 0 Å². The first-order valence-corrected chi connectivity index (χ1v) is 9.37. The summed E-state index contributed by atoms with van der Waals surface area (Å²) in [5.41, 5.74) is 4.26. The standard InChI is InChI=1S/C15H15N2O2.Pb/c1-9(2)11-5-4-8-17-14(11)12(15(18)19-3)13(16-17)10-6-7-10;/h4-5,8,10H,1,3,6-7H2,2H3;. The van der Waals surface area contributed by atoms with E-state index in [0.717, 1.165) is 61.0 Å². The van der Waals surface area contributed by atoms with E-state index in [-0.39, 0.29) is 5.97 Å². The van der Waals surface area contributed by atoms with Crippen molar-refractivity contribution in [3.63, 3.8) is 0 Å². The van der Waals surface area contributed by atoms with Crippen molar-refractivity contribution in [2.45, 2.75) is 25.7 Å². The van der Waals surface area contributed by atoms with Crippen molar-refractivity contribution >= 4 is 42.8 Å². The SMILES string of the molecule is C=C(C)c1cccn2nc(C3CC3)c(C(=O)O[CH2][Pb])c12. The van der Waals surface area contributed by atoms with Gasteiger partial charge in [-0.25, -0.2) is 0 Å². The first-order valence-electron chi connectivity index (χ1n) is 6.62. The van der Waals surface area contributed by atoms with Crippen LogP contribution in [-0.2, 0) is 4.74 Å². The van der Waals surface area contributed by atoms with Gasteiger partial charge in [-0.15, -0.1) is 0 Å². The second-order valence-corrected chi connectivity index (χ2v) is 6.23. The van der Waals surface area contributed by atoms with Crippen molar-refractivity contribution in [2.24, 2.45) is 0 Å². The third kappa shape index (κ3) is 2.30. The maximum atomic E-state index is 12.4. The third-order valence-electron chi connectivity index (χ3n) is 3.51. The number of nitrogens with zero attached hydrogens (tertiary/aromatic N) is 2. The van der Waals surface area contributed by atoms with Gasteiger partial charge in [-0.05, 0) is 0 Å². The van der Waals surface area contributed by atoms with E-state index in [1.165, 1.54) is 0 Å². The number of hydrogen-bond donors (Lipinski definition) is 0. The molecule has 0 aliphatic heterocycles. The molecule has 101 valence electrons. The van der Waals surface area contributed by atoms with Crippen LogP contribution in [0.3, 0.4) is 0 Å². The quantitative estimate of drug-likeness (QED) is 0.518. The van der Waals surface area contributed by atoms with Gasteiger partial charge in [0.05, 0.1) is 0 Å². The number of aromatic nitrogens is 2. The van der Waals surface area contributed by atoms with Gasteiger partial charge in [-0.2, -0.15) is 0 Å². The Labute approximate surface area is 133 Å². The molecule has 0 spiro atoms. The average molecular weight is 462 g/mol. The van der Waals surface area contributed by atoms with Crippen molar-refractivity contribution in [3.05, 3.63) is 41.7 Å². The number of fused-ring (bicyclic) bond motifs is 1. The Morgan fingerprint density at radius 1 is 1.60 bits per heavy atom. The molecule has 1 fully saturated rings. The van der Waals surface area contributed by atoms with Crippen molar-refractivity contribution < 1.29 is 9.53 Å². The van der Waals surface area contributed by atoms with Gasteiger partial charge >= 0.3 is 134 Å². The van der Waals surface area contributed by atoms with Gasteiger partial charge < -0.3 is 0 Å². The number of esters is 1. The van der Waals surface area contributed by atoms with Crippen LogP contribution < -0.4 is 0 Å². The molecule has 0 amide bonds. The Kier molecular flexibility index (Phi) is 3.66. The zero-order chi connectivity index (χ0) is 14.3. The minimum absolute atomic E-state index is 0.245. The summed E-state index contributed by atoms with van der Waals surface area (Å²) < 4.78 is 7.59. The maximum absolute atomic E-state index is 12.4. The molecule has 3 rings (SSSR count).